The quantitative estimate of drug-likeness (QED) is 0.936. The minimum Gasteiger partial charge on any atom is -0.348 e. The minimum absolute atomic E-state index is 0.0368. The molecule has 1 N–H and O–H groups in total. The van der Waals surface area contributed by atoms with Gasteiger partial charge >= 0.3 is 0 Å². The molecular weight excluding hydrogens is 262 g/mol. The molecule has 2 fully saturated rings. The van der Waals surface area contributed by atoms with Gasteiger partial charge < -0.3 is 5.32 Å². The summed E-state index contributed by atoms with van der Waals surface area (Å²) in [6.07, 6.45) is 4.59. The van der Waals surface area contributed by atoms with Gasteiger partial charge in [-0.25, -0.2) is 4.68 Å². The van der Waals surface area contributed by atoms with Gasteiger partial charge in [0.15, 0.2) is 5.69 Å². The van der Waals surface area contributed by atoms with Crippen LogP contribution in [-0.4, -0.2) is 21.7 Å². The van der Waals surface area contributed by atoms with E-state index in [4.69, 9.17) is 0 Å². The highest BCUT2D eigenvalue weighted by molar-refractivity contribution is 5.92. The Bertz CT molecular complexity index is 679. The van der Waals surface area contributed by atoms with Crippen LogP contribution in [0.3, 0.4) is 0 Å². The Hall–Kier alpha value is -2.10. The van der Waals surface area contributed by atoms with E-state index in [1.54, 1.807) is 0 Å². The van der Waals surface area contributed by atoms with Crippen molar-refractivity contribution in [3.05, 3.63) is 47.3 Å². The van der Waals surface area contributed by atoms with Gasteiger partial charge in [-0.3, -0.25) is 4.79 Å². The van der Waals surface area contributed by atoms with E-state index in [2.05, 4.69) is 41.6 Å². The van der Waals surface area contributed by atoms with Crippen molar-refractivity contribution in [2.75, 3.05) is 0 Å². The number of rotatable bonds is 4. The molecule has 0 radical (unpaired) electrons. The second-order valence-electron chi connectivity index (χ2n) is 6.22. The molecular formula is C17H19N3O. The summed E-state index contributed by atoms with van der Waals surface area (Å²) >= 11 is 0. The summed E-state index contributed by atoms with van der Waals surface area (Å²) in [5.74, 6) is 0.520. The second-order valence-corrected chi connectivity index (χ2v) is 6.22. The normalized spacial score (nSPS) is 17.8. The molecule has 0 atom stereocenters. The third kappa shape index (κ3) is 2.58. The van der Waals surface area contributed by atoms with Gasteiger partial charge in [0.25, 0.3) is 5.91 Å². The lowest BCUT2D eigenvalue weighted by Gasteiger charge is -2.06. The Balaban J connectivity index is 1.69. The second kappa shape index (κ2) is 4.72. The third-order valence-electron chi connectivity index (χ3n) is 4.16. The molecule has 0 spiro atoms. The molecule has 108 valence electrons. The summed E-state index contributed by atoms with van der Waals surface area (Å²) in [5.41, 5.74) is 3.97. The molecule has 0 unspecified atom stereocenters. The van der Waals surface area contributed by atoms with E-state index in [1.165, 1.54) is 24.1 Å². The van der Waals surface area contributed by atoms with E-state index >= 15 is 0 Å². The fraction of sp³-hybridized carbons (Fsp3) is 0.412. The number of nitrogens with one attached hydrogen (secondary N) is 1. The first-order valence-corrected chi connectivity index (χ1v) is 7.68. The first-order chi connectivity index (χ1) is 10.2. The van der Waals surface area contributed by atoms with E-state index in [-0.39, 0.29) is 5.91 Å². The summed E-state index contributed by atoms with van der Waals surface area (Å²) in [7, 11) is 0. The van der Waals surface area contributed by atoms with Crippen molar-refractivity contribution in [3.8, 4) is 5.69 Å². The van der Waals surface area contributed by atoms with E-state index < -0.39 is 0 Å². The number of nitrogens with zero attached hydrogens (tertiary/aromatic N) is 2. The Kier molecular flexibility index (Phi) is 2.84. The van der Waals surface area contributed by atoms with Crippen molar-refractivity contribution in [2.45, 2.75) is 44.6 Å². The Morgan fingerprint density at radius 3 is 2.52 bits per heavy atom. The van der Waals surface area contributed by atoms with Crippen LogP contribution in [0.15, 0.2) is 30.3 Å². The fourth-order valence-corrected chi connectivity index (χ4v) is 2.56. The number of hydrogen-bond donors (Lipinski definition) is 1. The summed E-state index contributed by atoms with van der Waals surface area (Å²) < 4.78 is 1.94. The zero-order valence-corrected chi connectivity index (χ0v) is 12.2. The molecule has 2 saturated carbocycles. The number of hydrogen-bond acceptors (Lipinski definition) is 2. The molecule has 4 nitrogen and oxygen atoms in total. The standard InChI is InChI=1S/C17H19N3O/c1-11-2-8-14(9-3-11)20-16(12-4-5-12)10-15(19-20)17(21)18-13-6-7-13/h2-3,8-10,12-13H,4-7H2,1H3,(H,18,21). The van der Waals surface area contributed by atoms with Gasteiger partial charge in [-0.05, 0) is 50.8 Å². The third-order valence-corrected chi connectivity index (χ3v) is 4.16. The molecule has 2 aromatic rings. The smallest absolute Gasteiger partial charge is 0.272 e. The van der Waals surface area contributed by atoms with Crippen LogP contribution in [0, 0.1) is 6.92 Å². The van der Waals surface area contributed by atoms with Crippen molar-refractivity contribution < 1.29 is 4.79 Å². The van der Waals surface area contributed by atoms with E-state index in [1.807, 2.05) is 10.7 Å². The van der Waals surface area contributed by atoms with Crippen molar-refractivity contribution >= 4 is 5.91 Å². The maximum Gasteiger partial charge on any atom is 0.272 e. The number of aryl methyl sites for hydroxylation is 1. The fourth-order valence-electron chi connectivity index (χ4n) is 2.56. The van der Waals surface area contributed by atoms with Gasteiger partial charge in [0.1, 0.15) is 0 Å². The van der Waals surface area contributed by atoms with Crippen molar-refractivity contribution in [3.63, 3.8) is 0 Å². The summed E-state index contributed by atoms with van der Waals surface area (Å²) in [6.45, 7) is 2.07. The molecule has 1 aromatic heterocycles. The molecule has 1 amide bonds. The van der Waals surface area contributed by atoms with Crippen LogP contribution in [-0.2, 0) is 0 Å². The number of aromatic nitrogens is 2. The molecule has 4 rings (SSSR count). The predicted octanol–water partition coefficient (Wildman–Crippen LogP) is 2.95. The highest BCUT2D eigenvalue weighted by Gasteiger charge is 2.31. The Labute approximate surface area is 124 Å². The first kappa shape index (κ1) is 12.6. The molecule has 4 heteroatoms. The van der Waals surface area contributed by atoms with Crippen LogP contribution in [0.4, 0.5) is 0 Å². The van der Waals surface area contributed by atoms with Crippen molar-refractivity contribution in [1.82, 2.24) is 15.1 Å². The highest BCUT2D eigenvalue weighted by atomic mass is 16.2. The highest BCUT2D eigenvalue weighted by Crippen LogP contribution is 2.41. The van der Waals surface area contributed by atoms with Crippen LogP contribution in [0.5, 0.6) is 0 Å². The van der Waals surface area contributed by atoms with Crippen LogP contribution in [0.2, 0.25) is 0 Å². The molecule has 2 aliphatic rings. The lowest BCUT2D eigenvalue weighted by molar-refractivity contribution is 0.0945. The van der Waals surface area contributed by atoms with Gasteiger partial charge in [0.05, 0.1) is 5.69 Å². The molecule has 1 heterocycles. The maximum atomic E-state index is 12.2. The first-order valence-electron chi connectivity index (χ1n) is 7.68. The van der Waals surface area contributed by atoms with Gasteiger partial charge in [-0.15, -0.1) is 0 Å². The average Bonchev–Trinajstić information content (AvgIpc) is 3.40. The zero-order chi connectivity index (χ0) is 14.4. The lowest BCUT2D eigenvalue weighted by Crippen LogP contribution is -2.25. The molecule has 0 aliphatic heterocycles. The van der Waals surface area contributed by atoms with Gasteiger partial charge in [-0.1, -0.05) is 17.7 Å². The van der Waals surface area contributed by atoms with E-state index in [0.717, 1.165) is 18.5 Å². The van der Waals surface area contributed by atoms with Gasteiger partial charge in [0, 0.05) is 17.7 Å². The van der Waals surface area contributed by atoms with E-state index in [9.17, 15) is 4.79 Å². The SMILES string of the molecule is Cc1ccc(-n2nc(C(=O)NC3CC3)cc2C2CC2)cc1. The molecule has 0 bridgehead atoms. The molecule has 0 saturated heterocycles. The Morgan fingerprint density at radius 2 is 1.90 bits per heavy atom. The van der Waals surface area contributed by atoms with Gasteiger partial charge in [-0.2, -0.15) is 5.10 Å². The summed E-state index contributed by atoms with van der Waals surface area (Å²) in [6, 6.07) is 10.6. The van der Waals surface area contributed by atoms with Crippen molar-refractivity contribution in [1.29, 1.82) is 0 Å². The summed E-state index contributed by atoms with van der Waals surface area (Å²) in [4.78, 5) is 12.2. The van der Waals surface area contributed by atoms with Crippen molar-refractivity contribution in [2.24, 2.45) is 0 Å². The largest absolute Gasteiger partial charge is 0.348 e. The van der Waals surface area contributed by atoms with Crippen LogP contribution in [0.25, 0.3) is 5.69 Å². The van der Waals surface area contributed by atoms with Crippen LogP contribution >= 0.6 is 0 Å². The number of benzene rings is 1. The maximum absolute atomic E-state index is 12.2. The van der Waals surface area contributed by atoms with Crippen LogP contribution < -0.4 is 5.32 Å². The zero-order valence-electron chi connectivity index (χ0n) is 12.2. The van der Waals surface area contributed by atoms with E-state index in [0.29, 0.717) is 17.7 Å². The topological polar surface area (TPSA) is 46.9 Å². The molecule has 1 aromatic carbocycles. The average molecular weight is 281 g/mol. The lowest BCUT2D eigenvalue weighted by atomic mass is 10.2. The summed E-state index contributed by atoms with van der Waals surface area (Å²) in [5, 5.41) is 7.57. The Morgan fingerprint density at radius 1 is 1.19 bits per heavy atom. The molecule has 2 aliphatic carbocycles. The molecule has 21 heavy (non-hydrogen) atoms. The number of amides is 1. The number of carbonyl (C=O) groups is 1. The van der Waals surface area contributed by atoms with Gasteiger partial charge in [0.2, 0.25) is 0 Å². The monoisotopic (exact) mass is 281 g/mol. The predicted molar refractivity (Wildman–Crippen MR) is 80.8 cm³/mol. The minimum atomic E-state index is -0.0368. The van der Waals surface area contributed by atoms with Crippen LogP contribution in [0.1, 0.15) is 53.3 Å². The number of carbonyl (C=O) groups excluding carboxylic acids is 1.